The fourth-order valence-electron chi connectivity index (χ4n) is 2.01. The number of amides is 1. The minimum atomic E-state index is -4.65. The third kappa shape index (κ3) is 3.73. The van der Waals surface area contributed by atoms with Crippen LogP contribution in [0.15, 0.2) is 41.6 Å². The van der Waals surface area contributed by atoms with E-state index in [0.29, 0.717) is 6.54 Å². The molecule has 1 aromatic carbocycles. The number of sulfone groups is 1. The van der Waals surface area contributed by atoms with Crippen molar-refractivity contribution in [3.05, 3.63) is 47.8 Å². The van der Waals surface area contributed by atoms with Crippen LogP contribution in [0.3, 0.4) is 0 Å². The first kappa shape index (κ1) is 17.1. The summed E-state index contributed by atoms with van der Waals surface area (Å²) in [5.74, 6) is -3.84. The van der Waals surface area contributed by atoms with E-state index in [-0.39, 0.29) is 11.5 Å². The van der Waals surface area contributed by atoms with Crippen molar-refractivity contribution in [2.24, 2.45) is 7.05 Å². The van der Waals surface area contributed by atoms with Crippen molar-refractivity contribution in [2.45, 2.75) is 17.2 Å². The number of halogens is 2. The minimum Gasteiger partial charge on any atom is -0.337 e. The van der Waals surface area contributed by atoms with Gasteiger partial charge in [0.05, 0.1) is 11.1 Å². The van der Waals surface area contributed by atoms with Crippen molar-refractivity contribution in [3.63, 3.8) is 0 Å². The molecule has 0 saturated heterocycles. The molecule has 0 saturated carbocycles. The summed E-state index contributed by atoms with van der Waals surface area (Å²) in [6.07, 6.45) is 3.39. The molecule has 2 rings (SSSR count). The Morgan fingerprint density at radius 1 is 1.30 bits per heavy atom. The molecule has 1 aromatic heterocycles. The molecule has 124 valence electrons. The summed E-state index contributed by atoms with van der Waals surface area (Å²) in [7, 11) is -1.31. The molecule has 0 aliphatic rings. The topological polar surface area (TPSA) is 72.3 Å². The van der Waals surface area contributed by atoms with Crippen LogP contribution in [0.2, 0.25) is 0 Å². The number of rotatable bonds is 5. The number of carbonyl (C=O) groups is 1. The molecule has 0 aliphatic heterocycles. The number of alkyl halides is 2. The monoisotopic (exact) mass is 343 g/mol. The Bertz CT molecular complexity index is 801. The van der Waals surface area contributed by atoms with Gasteiger partial charge in [-0.25, -0.2) is 8.42 Å². The van der Waals surface area contributed by atoms with Crippen LogP contribution >= 0.6 is 0 Å². The maximum atomic E-state index is 12.5. The molecule has 1 heterocycles. The Morgan fingerprint density at radius 3 is 2.39 bits per heavy atom. The van der Waals surface area contributed by atoms with Gasteiger partial charge in [-0.2, -0.15) is 13.9 Å². The normalized spacial score (nSPS) is 11.7. The number of aromatic nitrogens is 2. The first-order valence-electron chi connectivity index (χ1n) is 6.57. The largest absolute Gasteiger partial charge is 0.341 e. The van der Waals surface area contributed by atoms with Crippen molar-refractivity contribution in [2.75, 3.05) is 7.05 Å². The van der Waals surface area contributed by atoms with Gasteiger partial charge in [-0.3, -0.25) is 9.48 Å². The van der Waals surface area contributed by atoms with Crippen LogP contribution in [0.1, 0.15) is 15.9 Å². The highest BCUT2D eigenvalue weighted by molar-refractivity contribution is 7.91. The molecule has 0 fully saturated rings. The average Bonchev–Trinajstić information content (AvgIpc) is 2.91. The molecule has 0 aliphatic carbocycles. The lowest BCUT2D eigenvalue weighted by molar-refractivity contribution is 0.0785. The molecule has 0 N–H and O–H groups in total. The molecule has 1 amide bonds. The fraction of sp³-hybridized carbons (Fsp3) is 0.286. The van der Waals surface area contributed by atoms with Gasteiger partial charge in [0.2, 0.25) is 9.84 Å². The highest BCUT2D eigenvalue weighted by atomic mass is 32.2. The number of carbonyl (C=O) groups excluding carboxylic acids is 1. The maximum absolute atomic E-state index is 12.5. The number of benzene rings is 1. The molecule has 0 spiro atoms. The zero-order chi connectivity index (χ0) is 17.2. The Labute approximate surface area is 132 Å². The van der Waals surface area contributed by atoms with E-state index in [2.05, 4.69) is 5.10 Å². The summed E-state index contributed by atoms with van der Waals surface area (Å²) in [5.41, 5.74) is 1.05. The lowest BCUT2D eigenvalue weighted by Crippen LogP contribution is -2.26. The lowest BCUT2D eigenvalue weighted by atomic mass is 10.2. The van der Waals surface area contributed by atoms with Crippen LogP contribution in [0.5, 0.6) is 0 Å². The third-order valence-electron chi connectivity index (χ3n) is 3.19. The summed E-state index contributed by atoms with van der Waals surface area (Å²) < 4.78 is 49.2. The first-order chi connectivity index (χ1) is 10.7. The molecule has 9 heteroatoms. The van der Waals surface area contributed by atoms with Gasteiger partial charge in [0, 0.05) is 38.0 Å². The van der Waals surface area contributed by atoms with Crippen LogP contribution in [-0.4, -0.2) is 41.8 Å². The second kappa shape index (κ2) is 6.45. The molecule has 6 nitrogen and oxygen atoms in total. The molecule has 0 atom stereocenters. The zero-order valence-electron chi connectivity index (χ0n) is 12.5. The predicted molar refractivity (Wildman–Crippen MR) is 78.6 cm³/mol. The van der Waals surface area contributed by atoms with E-state index in [9.17, 15) is 22.0 Å². The van der Waals surface area contributed by atoms with Gasteiger partial charge in [-0.15, -0.1) is 0 Å². The van der Waals surface area contributed by atoms with Gasteiger partial charge in [0.15, 0.2) is 0 Å². The van der Waals surface area contributed by atoms with E-state index < -0.39 is 20.5 Å². The van der Waals surface area contributed by atoms with Crippen LogP contribution < -0.4 is 0 Å². The third-order valence-corrected chi connectivity index (χ3v) is 4.59. The number of aryl methyl sites for hydroxylation is 1. The minimum absolute atomic E-state index is 0.213. The van der Waals surface area contributed by atoms with E-state index in [0.717, 1.165) is 17.7 Å². The highest BCUT2D eigenvalue weighted by Crippen LogP contribution is 2.19. The van der Waals surface area contributed by atoms with Crippen molar-refractivity contribution < 1.29 is 22.0 Å². The summed E-state index contributed by atoms with van der Waals surface area (Å²) >= 11 is 0. The SMILES string of the molecule is CN(Cc1cnn(C)c1)C(=O)c1ccc(S(=O)(=O)C(F)F)cc1. The second-order valence-electron chi connectivity index (χ2n) is 5.01. The van der Waals surface area contributed by atoms with Gasteiger partial charge in [-0.1, -0.05) is 0 Å². The highest BCUT2D eigenvalue weighted by Gasteiger charge is 2.26. The molecule has 0 bridgehead atoms. The van der Waals surface area contributed by atoms with Gasteiger partial charge in [0.1, 0.15) is 0 Å². The number of nitrogens with zero attached hydrogens (tertiary/aromatic N) is 3. The molecular formula is C14H15F2N3O3S. The number of hydrogen-bond donors (Lipinski definition) is 0. The van der Waals surface area contributed by atoms with Crippen LogP contribution in [0.4, 0.5) is 8.78 Å². The molecule has 0 radical (unpaired) electrons. The van der Waals surface area contributed by atoms with Gasteiger partial charge < -0.3 is 4.90 Å². The molecular weight excluding hydrogens is 328 g/mol. The fourth-order valence-corrected chi connectivity index (χ4v) is 2.73. The molecule has 23 heavy (non-hydrogen) atoms. The molecule has 2 aromatic rings. The second-order valence-corrected chi connectivity index (χ2v) is 6.93. The van der Waals surface area contributed by atoms with E-state index in [4.69, 9.17) is 0 Å². The summed E-state index contributed by atoms with van der Waals surface area (Å²) in [4.78, 5) is 13.2. The van der Waals surface area contributed by atoms with Crippen molar-refractivity contribution >= 4 is 15.7 Å². The van der Waals surface area contributed by atoms with Crippen molar-refractivity contribution in [1.82, 2.24) is 14.7 Å². The Hall–Kier alpha value is -2.29. The quantitative estimate of drug-likeness (QED) is 0.828. The smallest absolute Gasteiger partial charge is 0.337 e. The van der Waals surface area contributed by atoms with Crippen molar-refractivity contribution in [3.8, 4) is 0 Å². The van der Waals surface area contributed by atoms with Crippen LogP contribution in [-0.2, 0) is 23.4 Å². The summed E-state index contributed by atoms with van der Waals surface area (Å²) in [6.45, 7) is 0.323. The van der Waals surface area contributed by atoms with E-state index >= 15 is 0 Å². The Balaban J connectivity index is 2.14. The Kier molecular flexibility index (Phi) is 4.79. The van der Waals surface area contributed by atoms with E-state index in [1.807, 2.05) is 0 Å². The first-order valence-corrected chi connectivity index (χ1v) is 8.11. The van der Waals surface area contributed by atoms with Gasteiger partial charge in [-0.05, 0) is 24.3 Å². The van der Waals surface area contributed by atoms with E-state index in [1.54, 1.807) is 31.2 Å². The zero-order valence-corrected chi connectivity index (χ0v) is 13.3. The van der Waals surface area contributed by atoms with E-state index in [1.165, 1.54) is 17.0 Å². The van der Waals surface area contributed by atoms with Gasteiger partial charge in [0.25, 0.3) is 5.91 Å². The number of hydrogen-bond acceptors (Lipinski definition) is 4. The summed E-state index contributed by atoms with van der Waals surface area (Å²) in [6, 6.07) is 4.45. The standard InChI is InChI=1S/C14H15F2N3O3S/c1-18(8-10-7-17-19(2)9-10)13(20)11-3-5-12(6-4-11)23(21,22)14(15)16/h3-7,9,14H,8H2,1-2H3. The van der Waals surface area contributed by atoms with Crippen molar-refractivity contribution in [1.29, 1.82) is 0 Å². The predicted octanol–water partition coefficient (Wildman–Crippen LogP) is 1.69. The van der Waals surface area contributed by atoms with Crippen LogP contribution in [0, 0.1) is 0 Å². The Morgan fingerprint density at radius 2 is 1.91 bits per heavy atom. The maximum Gasteiger partial charge on any atom is 0.341 e. The summed E-state index contributed by atoms with van der Waals surface area (Å²) in [5, 5.41) is 4.00. The lowest BCUT2D eigenvalue weighted by Gasteiger charge is -2.16. The van der Waals surface area contributed by atoms with Crippen LogP contribution in [0.25, 0.3) is 0 Å². The average molecular weight is 343 g/mol. The van der Waals surface area contributed by atoms with Gasteiger partial charge >= 0.3 is 5.76 Å². The molecule has 0 unspecified atom stereocenters.